The van der Waals surface area contributed by atoms with Crippen LogP contribution in [-0.2, 0) is 10.3 Å². The molecule has 0 radical (unpaired) electrons. The minimum Gasteiger partial charge on any atom is -0.457 e. The van der Waals surface area contributed by atoms with E-state index in [0.29, 0.717) is 68.4 Å². The Morgan fingerprint density at radius 2 is 1.85 bits per heavy atom. The minimum absolute atomic E-state index is 0.256. The number of piperidine rings is 1. The van der Waals surface area contributed by atoms with Crippen LogP contribution in [0.15, 0.2) is 60.7 Å². The molecule has 1 amide bonds. The molecule has 0 spiro atoms. The molecule has 9 nitrogen and oxygen atoms in total. The van der Waals surface area contributed by atoms with E-state index in [1.54, 1.807) is 24.3 Å². The zero-order valence-electron chi connectivity index (χ0n) is 21.9. The van der Waals surface area contributed by atoms with Gasteiger partial charge in [-0.3, -0.25) is 9.59 Å². The lowest BCUT2D eigenvalue weighted by Gasteiger charge is -2.37. The first-order valence-electron chi connectivity index (χ1n) is 13.2. The number of aryl methyl sites for hydroxylation is 1. The van der Waals surface area contributed by atoms with Crippen LogP contribution in [0.3, 0.4) is 0 Å². The van der Waals surface area contributed by atoms with E-state index in [1.807, 2.05) is 43.3 Å². The van der Waals surface area contributed by atoms with Crippen molar-refractivity contribution < 1.29 is 19.4 Å². The Labute approximate surface area is 235 Å². The zero-order valence-corrected chi connectivity index (χ0v) is 22.8. The number of benzene rings is 3. The Morgan fingerprint density at radius 1 is 1.10 bits per heavy atom. The van der Waals surface area contributed by atoms with E-state index >= 15 is 0 Å². The SMILES string of the molecule is Cc1cc(Oc2ccccc2)ccc1C1(N)C(=O)C(N)c2c(C(=O)N[C@H]3CNC[C@H](O)C3)sc3c(N)ccc1c23. The van der Waals surface area contributed by atoms with Crippen molar-refractivity contribution in [3.05, 3.63) is 87.8 Å². The van der Waals surface area contributed by atoms with Gasteiger partial charge in [0.1, 0.15) is 17.0 Å². The number of carbonyl (C=O) groups is 2. The predicted molar refractivity (Wildman–Crippen MR) is 156 cm³/mol. The van der Waals surface area contributed by atoms with Crippen molar-refractivity contribution in [2.45, 2.75) is 37.1 Å². The second-order valence-corrected chi connectivity index (χ2v) is 11.5. The van der Waals surface area contributed by atoms with Gasteiger partial charge >= 0.3 is 0 Å². The normalized spacial score (nSPS) is 24.2. The number of thiophene rings is 1. The van der Waals surface area contributed by atoms with Gasteiger partial charge in [0.15, 0.2) is 5.78 Å². The Morgan fingerprint density at radius 3 is 2.58 bits per heavy atom. The third-order valence-electron chi connectivity index (χ3n) is 7.78. The Balaban J connectivity index is 1.43. The first-order valence-corrected chi connectivity index (χ1v) is 14.0. The molecule has 0 saturated carbocycles. The number of ketones is 1. The van der Waals surface area contributed by atoms with Crippen molar-refractivity contribution in [1.82, 2.24) is 10.6 Å². The van der Waals surface area contributed by atoms with Crippen LogP contribution >= 0.6 is 11.3 Å². The van der Waals surface area contributed by atoms with Crippen LogP contribution in [0.4, 0.5) is 5.69 Å². The summed E-state index contributed by atoms with van der Waals surface area (Å²) in [6.07, 6.45) is -0.108. The molecule has 1 aliphatic heterocycles. The number of para-hydroxylation sites is 1. The van der Waals surface area contributed by atoms with E-state index in [1.165, 1.54) is 11.3 Å². The van der Waals surface area contributed by atoms with Gasteiger partial charge in [0.2, 0.25) is 0 Å². The summed E-state index contributed by atoms with van der Waals surface area (Å²) in [7, 11) is 0. The van der Waals surface area contributed by atoms with Crippen molar-refractivity contribution in [2.75, 3.05) is 18.8 Å². The molecule has 9 N–H and O–H groups in total. The van der Waals surface area contributed by atoms with Gasteiger partial charge in [-0.2, -0.15) is 0 Å². The fourth-order valence-corrected chi connectivity index (χ4v) is 7.08. The molecule has 4 atom stereocenters. The highest BCUT2D eigenvalue weighted by Gasteiger charge is 2.49. The lowest BCUT2D eigenvalue weighted by molar-refractivity contribution is -0.124. The van der Waals surface area contributed by atoms with Gasteiger partial charge in [0.25, 0.3) is 5.91 Å². The number of hydrogen-bond acceptors (Lipinski definition) is 9. The van der Waals surface area contributed by atoms with Gasteiger partial charge in [-0.1, -0.05) is 30.3 Å². The first-order chi connectivity index (χ1) is 19.2. The number of Topliss-reactive ketones (excluding diaryl/α,β-unsaturated/α-hetero) is 1. The molecule has 10 heteroatoms. The second-order valence-electron chi connectivity index (χ2n) is 10.5. The third kappa shape index (κ3) is 4.25. The van der Waals surface area contributed by atoms with Crippen molar-refractivity contribution >= 4 is 38.8 Å². The number of carbonyl (C=O) groups excluding carboxylic acids is 2. The Bertz CT molecular complexity index is 1640. The first kappa shape index (κ1) is 26.4. The van der Waals surface area contributed by atoms with Gasteiger partial charge in [-0.25, -0.2) is 0 Å². The molecule has 1 aromatic heterocycles. The number of rotatable bonds is 5. The molecule has 4 aromatic rings. The number of nitrogen functional groups attached to an aromatic ring is 1. The van der Waals surface area contributed by atoms with E-state index in [0.717, 1.165) is 5.56 Å². The maximum Gasteiger partial charge on any atom is 0.262 e. The van der Waals surface area contributed by atoms with Crippen molar-refractivity contribution in [1.29, 1.82) is 0 Å². The molecule has 1 fully saturated rings. The van der Waals surface area contributed by atoms with E-state index in [-0.39, 0.29) is 11.9 Å². The summed E-state index contributed by atoms with van der Waals surface area (Å²) in [5, 5.41) is 16.7. The number of hydrogen-bond donors (Lipinski definition) is 6. The highest BCUT2D eigenvalue weighted by Crippen LogP contribution is 2.50. The molecule has 3 aromatic carbocycles. The van der Waals surface area contributed by atoms with Gasteiger partial charge < -0.3 is 37.7 Å². The van der Waals surface area contributed by atoms with Gasteiger partial charge in [0, 0.05) is 35.8 Å². The smallest absolute Gasteiger partial charge is 0.262 e. The fraction of sp³-hybridized carbons (Fsp3) is 0.267. The molecular formula is C30H31N5O4S. The van der Waals surface area contributed by atoms with Crippen molar-refractivity contribution in [3.8, 4) is 11.5 Å². The number of aliphatic hydroxyl groups is 1. The van der Waals surface area contributed by atoms with Crippen molar-refractivity contribution in [2.24, 2.45) is 11.5 Å². The highest BCUT2D eigenvalue weighted by molar-refractivity contribution is 7.21. The molecule has 206 valence electrons. The zero-order chi connectivity index (χ0) is 28.2. The maximum atomic E-state index is 14.1. The van der Waals surface area contributed by atoms with Crippen LogP contribution in [-0.4, -0.2) is 42.0 Å². The summed E-state index contributed by atoms with van der Waals surface area (Å²) in [6.45, 7) is 2.90. The van der Waals surface area contributed by atoms with Crippen LogP contribution in [0.5, 0.6) is 11.5 Å². The highest BCUT2D eigenvalue weighted by atomic mass is 32.1. The van der Waals surface area contributed by atoms with E-state index in [4.69, 9.17) is 21.9 Å². The number of nitrogens with two attached hydrogens (primary N) is 3. The summed E-state index contributed by atoms with van der Waals surface area (Å²) in [5.41, 5.74) is 21.3. The molecule has 1 saturated heterocycles. The monoisotopic (exact) mass is 557 g/mol. The van der Waals surface area contributed by atoms with Crippen LogP contribution < -0.4 is 32.6 Å². The van der Waals surface area contributed by atoms with Crippen LogP contribution in [0, 0.1) is 6.92 Å². The number of β-amino-alcohol motifs (C(OH)–C–C–N with tert-alkyl or cyclic N) is 1. The van der Waals surface area contributed by atoms with E-state index in [2.05, 4.69) is 10.6 Å². The number of ether oxygens (including phenoxy) is 1. The van der Waals surface area contributed by atoms with Crippen LogP contribution in [0.2, 0.25) is 0 Å². The summed E-state index contributed by atoms with van der Waals surface area (Å²) in [4.78, 5) is 27.9. The van der Waals surface area contributed by atoms with Gasteiger partial charge in [0.05, 0.1) is 21.7 Å². The van der Waals surface area contributed by atoms with Crippen molar-refractivity contribution in [3.63, 3.8) is 0 Å². The van der Waals surface area contributed by atoms with Gasteiger partial charge in [-0.05, 0) is 60.4 Å². The average molecular weight is 558 g/mol. The molecular weight excluding hydrogens is 526 g/mol. The summed E-state index contributed by atoms with van der Waals surface area (Å²) >= 11 is 1.21. The fourth-order valence-electron chi connectivity index (χ4n) is 5.87. The summed E-state index contributed by atoms with van der Waals surface area (Å²) < 4.78 is 6.65. The standard InChI is InChI=1S/C30H31N5O4S/c1-15-11-19(39-18-5-3-2-4-6-18)7-8-20(15)30(33)21-9-10-22(31)26-23(21)24(25(32)28(30)37)27(40-26)29(38)35-16-12-17(36)14-34-13-16/h2-11,16-17,25,34,36H,12-14,31-33H2,1H3,(H,35,38)/t16-,17-,25?,30?/m1/s1. The third-order valence-corrected chi connectivity index (χ3v) is 9.04. The van der Waals surface area contributed by atoms with Crippen LogP contribution in [0.1, 0.15) is 44.4 Å². The maximum absolute atomic E-state index is 14.1. The molecule has 0 bridgehead atoms. The van der Waals surface area contributed by atoms with Gasteiger partial charge in [-0.15, -0.1) is 11.3 Å². The average Bonchev–Trinajstić information content (AvgIpc) is 3.34. The molecule has 2 heterocycles. The van der Waals surface area contributed by atoms with Crippen LogP contribution in [0.25, 0.3) is 10.1 Å². The minimum atomic E-state index is -1.56. The quantitative estimate of drug-likeness (QED) is 0.204. The topological polar surface area (TPSA) is 166 Å². The number of nitrogens with one attached hydrogen (secondary N) is 2. The molecule has 40 heavy (non-hydrogen) atoms. The van der Waals surface area contributed by atoms with E-state index < -0.39 is 23.5 Å². The number of amides is 1. The molecule has 1 aliphatic carbocycles. The molecule has 2 aliphatic rings. The lowest BCUT2D eigenvalue weighted by atomic mass is 9.69. The molecule has 6 rings (SSSR count). The second kappa shape index (κ2) is 9.99. The molecule has 2 unspecified atom stereocenters. The Hall–Kier alpha value is -3.80. The largest absolute Gasteiger partial charge is 0.457 e. The number of anilines is 1. The Kier molecular flexibility index (Phi) is 6.60. The number of aliphatic hydroxyl groups excluding tert-OH is 1. The summed E-state index contributed by atoms with van der Waals surface area (Å²) in [5.74, 6) is 0.547. The lowest BCUT2D eigenvalue weighted by Crippen LogP contribution is -2.53. The predicted octanol–water partition coefficient (Wildman–Crippen LogP) is 2.82. The summed E-state index contributed by atoms with van der Waals surface area (Å²) in [6, 6.07) is 16.9. The van der Waals surface area contributed by atoms with E-state index in [9.17, 15) is 14.7 Å².